The highest BCUT2D eigenvalue weighted by atomic mass is 32.1. The quantitative estimate of drug-likeness (QED) is 0.554. The fourth-order valence-corrected chi connectivity index (χ4v) is 3.03. The van der Waals surface area contributed by atoms with Gasteiger partial charge in [0.1, 0.15) is 4.86 Å². The summed E-state index contributed by atoms with van der Waals surface area (Å²) in [4.78, 5) is 17.9. The summed E-state index contributed by atoms with van der Waals surface area (Å²) in [6.07, 6.45) is 5.59. The molecule has 2 aliphatic heterocycles. The fourth-order valence-electron chi connectivity index (χ4n) is 1.86. The van der Waals surface area contributed by atoms with Crippen LogP contribution in [0.3, 0.4) is 0 Å². The van der Waals surface area contributed by atoms with E-state index in [2.05, 4.69) is 11.9 Å². The first-order valence-corrected chi connectivity index (χ1v) is 7.15. The average molecular weight is 268 g/mol. The van der Waals surface area contributed by atoms with Gasteiger partial charge in [0.05, 0.1) is 23.1 Å². The second kappa shape index (κ2) is 5.39. The van der Waals surface area contributed by atoms with Crippen LogP contribution in [0.2, 0.25) is 0 Å². The lowest BCUT2D eigenvalue weighted by Gasteiger charge is -2.18. The summed E-state index contributed by atoms with van der Waals surface area (Å²) < 4.78 is 17.0. The maximum Gasteiger partial charge on any atom is 0.348 e. The van der Waals surface area contributed by atoms with Crippen LogP contribution in [-0.2, 0) is 19.5 Å². The number of carbonyl (C=O) groups is 1. The Balaban J connectivity index is 2.26. The first-order chi connectivity index (χ1) is 8.67. The van der Waals surface area contributed by atoms with E-state index in [4.69, 9.17) is 4.74 Å². The molecule has 0 saturated carbocycles. The topological polar surface area (TPSA) is 59.0 Å². The third-order valence-electron chi connectivity index (χ3n) is 2.65. The van der Waals surface area contributed by atoms with Crippen LogP contribution in [-0.4, -0.2) is 44.4 Å². The van der Waals surface area contributed by atoms with Crippen molar-refractivity contribution in [1.82, 2.24) is 4.90 Å². The number of rotatable bonds is 4. The van der Waals surface area contributed by atoms with Gasteiger partial charge in [0.15, 0.2) is 0 Å². The van der Waals surface area contributed by atoms with Gasteiger partial charge in [-0.2, -0.15) is 0 Å². The largest absolute Gasteiger partial charge is 0.462 e. The molecule has 0 spiro atoms. The minimum absolute atomic E-state index is 0.276. The average Bonchev–Trinajstić information content (AvgIpc) is 2.67. The molecule has 0 N–H and O–H groups in total. The number of fused-ring (bicyclic) bond motifs is 1. The normalized spacial score (nSPS) is 18.0. The van der Waals surface area contributed by atoms with Crippen molar-refractivity contribution >= 4 is 32.1 Å². The maximum atomic E-state index is 12.1. The molecule has 0 radical (unpaired) electrons. The van der Waals surface area contributed by atoms with E-state index in [9.17, 15) is 9.00 Å². The van der Waals surface area contributed by atoms with Gasteiger partial charge in [0.2, 0.25) is 5.11 Å². The molecule has 0 aliphatic carbocycles. The van der Waals surface area contributed by atoms with Crippen LogP contribution in [0.25, 0.3) is 0 Å². The van der Waals surface area contributed by atoms with E-state index in [0.717, 1.165) is 18.4 Å². The molecule has 0 saturated heterocycles. The van der Waals surface area contributed by atoms with E-state index < -0.39 is 15.9 Å². The molecule has 2 aliphatic rings. The summed E-state index contributed by atoms with van der Waals surface area (Å²) in [6, 6.07) is 0. The zero-order chi connectivity index (χ0) is 13.1. The number of aliphatic imine (C=N–C) groups is 1. The van der Waals surface area contributed by atoms with Gasteiger partial charge in [0.25, 0.3) is 0 Å². The van der Waals surface area contributed by atoms with Gasteiger partial charge < -0.3 is 9.64 Å². The third-order valence-corrected chi connectivity index (χ3v) is 4.07. The molecule has 0 bridgehead atoms. The SMILES string of the molecule is CCCC1=CN2CC(C(=O)OCC)=S(=O)=C2N=C1. The Morgan fingerprint density at radius 2 is 2.33 bits per heavy atom. The van der Waals surface area contributed by atoms with E-state index in [-0.39, 0.29) is 11.5 Å². The van der Waals surface area contributed by atoms with E-state index in [1.54, 1.807) is 18.0 Å². The summed E-state index contributed by atoms with van der Waals surface area (Å²) in [5.41, 5.74) is 1.09. The number of allylic oxidation sites excluding steroid dienone is 1. The minimum atomic E-state index is -1.49. The molecule has 0 amide bonds. The predicted molar refractivity (Wildman–Crippen MR) is 73.0 cm³/mol. The first kappa shape index (κ1) is 12.9. The lowest BCUT2D eigenvalue weighted by Crippen LogP contribution is -2.30. The van der Waals surface area contributed by atoms with E-state index in [1.165, 1.54) is 0 Å². The van der Waals surface area contributed by atoms with Gasteiger partial charge in [-0.25, -0.2) is 14.0 Å². The van der Waals surface area contributed by atoms with Crippen molar-refractivity contribution in [2.75, 3.05) is 13.2 Å². The maximum absolute atomic E-state index is 12.1. The molecule has 0 aromatic heterocycles. The van der Waals surface area contributed by atoms with Crippen LogP contribution in [0.15, 0.2) is 16.8 Å². The van der Waals surface area contributed by atoms with Crippen LogP contribution in [0, 0.1) is 0 Å². The zero-order valence-corrected chi connectivity index (χ0v) is 11.3. The lowest BCUT2D eigenvalue weighted by atomic mass is 10.1. The molecule has 0 unspecified atom stereocenters. The van der Waals surface area contributed by atoms with Gasteiger partial charge in [-0.05, 0) is 18.9 Å². The Hall–Kier alpha value is -1.56. The molecule has 2 heterocycles. The van der Waals surface area contributed by atoms with Crippen LogP contribution in [0.1, 0.15) is 26.7 Å². The molecule has 0 atom stereocenters. The van der Waals surface area contributed by atoms with Crippen LogP contribution in [0.4, 0.5) is 0 Å². The molecular formula is C12H16N2O3S. The van der Waals surface area contributed by atoms with Gasteiger partial charge in [-0.1, -0.05) is 13.3 Å². The standard InChI is InChI=1S/C12H16N2O3S/c1-3-5-9-6-13-12-14(7-9)8-10(18(12)16)11(15)17-4-2/h6-7H,3-5,8H2,1-2H3. The van der Waals surface area contributed by atoms with Crippen molar-refractivity contribution < 1.29 is 13.7 Å². The Labute approximate surface area is 108 Å². The predicted octanol–water partition coefficient (Wildman–Crippen LogP) is 0.642. The van der Waals surface area contributed by atoms with Crippen molar-refractivity contribution in [1.29, 1.82) is 0 Å². The van der Waals surface area contributed by atoms with E-state index in [1.807, 2.05) is 6.20 Å². The second-order valence-corrected chi connectivity index (χ2v) is 5.43. The number of hydrogen-bond donors (Lipinski definition) is 0. The van der Waals surface area contributed by atoms with Crippen molar-refractivity contribution in [2.45, 2.75) is 26.7 Å². The van der Waals surface area contributed by atoms with Crippen molar-refractivity contribution in [3.8, 4) is 0 Å². The molecular weight excluding hydrogens is 252 g/mol. The molecule has 0 aromatic rings. The van der Waals surface area contributed by atoms with Crippen molar-refractivity contribution in [2.24, 2.45) is 4.99 Å². The highest BCUT2D eigenvalue weighted by Gasteiger charge is 2.27. The van der Waals surface area contributed by atoms with E-state index >= 15 is 0 Å². The van der Waals surface area contributed by atoms with Crippen molar-refractivity contribution in [3.63, 3.8) is 0 Å². The highest BCUT2D eigenvalue weighted by Crippen LogP contribution is 2.13. The van der Waals surface area contributed by atoms with Gasteiger partial charge in [0, 0.05) is 12.4 Å². The lowest BCUT2D eigenvalue weighted by molar-refractivity contribution is -0.134. The summed E-state index contributed by atoms with van der Waals surface area (Å²) >= 11 is 0. The molecule has 2 rings (SSSR count). The number of carbonyl (C=O) groups excluding carboxylic acids is 1. The molecule has 5 nitrogen and oxygen atoms in total. The van der Waals surface area contributed by atoms with Crippen molar-refractivity contribution in [3.05, 3.63) is 11.8 Å². The second-order valence-electron chi connectivity index (χ2n) is 4.04. The van der Waals surface area contributed by atoms with Crippen LogP contribution < -0.4 is 0 Å². The highest BCUT2D eigenvalue weighted by molar-refractivity contribution is 7.86. The summed E-state index contributed by atoms with van der Waals surface area (Å²) in [6.45, 7) is 4.42. The fraction of sp³-hybridized carbons (Fsp3) is 0.500. The van der Waals surface area contributed by atoms with Gasteiger partial charge in [-0.3, -0.25) is 0 Å². The monoisotopic (exact) mass is 268 g/mol. The summed E-state index contributed by atoms with van der Waals surface area (Å²) in [5, 5.41) is 0.429. The van der Waals surface area contributed by atoms with Crippen LogP contribution >= 0.6 is 0 Å². The Bertz CT molecular complexity index is 572. The summed E-state index contributed by atoms with van der Waals surface area (Å²) in [5.74, 6) is -0.488. The zero-order valence-electron chi connectivity index (χ0n) is 10.5. The molecule has 18 heavy (non-hydrogen) atoms. The van der Waals surface area contributed by atoms with Crippen LogP contribution in [0.5, 0.6) is 0 Å². The number of nitrogens with zero attached hydrogens (tertiary/aromatic N) is 2. The van der Waals surface area contributed by atoms with Gasteiger partial charge >= 0.3 is 5.97 Å². The Morgan fingerprint density at radius 1 is 1.56 bits per heavy atom. The molecule has 0 aromatic carbocycles. The minimum Gasteiger partial charge on any atom is -0.462 e. The Morgan fingerprint density at radius 3 is 3.00 bits per heavy atom. The Kier molecular flexibility index (Phi) is 3.86. The smallest absolute Gasteiger partial charge is 0.348 e. The number of esters is 1. The third kappa shape index (κ3) is 2.33. The molecule has 0 fully saturated rings. The first-order valence-electron chi connectivity index (χ1n) is 6.00. The number of ether oxygens (including phenoxy) is 1. The van der Waals surface area contributed by atoms with Gasteiger partial charge in [-0.15, -0.1) is 0 Å². The number of hydrogen-bond acceptors (Lipinski definition) is 5. The molecule has 6 heteroatoms. The molecule has 98 valence electrons. The van der Waals surface area contributed by atoms with E-state index in [0.29, 0.717) is 11.7 Å². The summed E-state index contributed by atoms with van der Waals surface area (Å²) in [7, 11) is -1.49.